The highest BCUT2D eigenvalue weighted by atomic mass is 35.5. The summed E-state index contributed by atoms with van der Waals surface area (Å²) in [5.74, 6) is 0.543. The molecule has 2 rings (SSSR count). The van der Waals surface area contributed by atoms with Crippen molar-refractivity contribution in [3.63, 3.8) is 0 Å². The lowest BCUT2D eigenvalue weighted by Gasteiger charge is -2.35. The second kappa shape index (κ2) is 5.57. The van der Waals surface area contributed by atoms with Gasteiger partial charge in [0.15, 0.2) is 0 Å². The van der Waals surface area contributed by atoms with E-state index in [2.05, 4.69) is 11.8 Å². The number of halogens is 2. The maximum Gasteiger partial charge on any atom is 0.0637 e. The lowest BCUT2D eigenvalue weighted by atomic mass is 9.94. The van der Waals surface area contributed by atoms with E-state index in [9.17, 15) is 0 Å². The zero-order chi connectivity index (χ0) is 12.4. The fourth-order valence-corrected chi connectivity index (χ4v) is 2.69. The summed E-state index contributed by atoms with van der Waals surface area (Å²) in [4.78, 5) is 2.39. The van der Waals surface area contributed by atoms with Crippen LogP contribution >= 0.6 is 23.2 Å². The molecule has 0 aromatic heterocycles. The van der Waals surface area contributed by atoms with Crippen LogP contribution in [-0.4, -0.2) is 24.0 Å². The number of rotatable bonds is 2. The van der Waals surface area contributed by atoms with Gasteiger partial charge in [-0.25, -0.2) is 0 Å². The molecule has 1 aliphatic rings. The van der Waals surface area contributed by atoms with Crippen molar-refractivity contribution < 1.29 is 0 Å². The van der Waals surface area contributed by atoms with Crippen LogP contribution in [-0.2, 0) is 6.54 Å². The van der Waals surface area contributed by atoms with E-state index in [0.29, 0.717) is 22.0 Å². The number of nitrogens with two attached hydrogens (primary N) is 1. The molecular formula is C13H18Cl2N2. The van der Waals surface area contributed by atoms with Crippen LogP contribution in [0.1, 0.15) is 18.9 Å². The van der Waals surface area contributed by atoms with Crippen LogP contribution in [0, 0.1) is 5.92 Å². The first-order chi connectivity index (χ1) is 8.08. The van der Waals surface area contributed by atoms with Crippen LogP contribution in [0.15, 0.2) is 18.2 Å². The fourth-order valence-electron chi connectivity index (χ4n) is 2.31. The number of benzene rings is 1. The molecule has 0 spiro atoms. The predicted octanol–water partition coefficient (Wildman–Crippen LogP) is 3.16. The summed E-state index contributed by atoms with van der Waals surface area (Å²) in [6, 6.07) is 6.14. The van der Waals surface area contributed by atoms with Crippen molar-refractivity contribution in [3.05, 3.63) is 33.8 Å². The van der Waals surface area contributed by atoms with Gasteiger partial charge in [0.25, 0.3) is 0 Å². The molecule has 0 radical (unpaired) electrons. The molecule has 1 aliphatic heterocycles. The number of hydrogen-bond acceptors (Lipinski definition) is 2. The van der Waals surface area contributed by atoms with Gasteiger partial charge >= 0.3 is 0 Å². The van der Waals surface area contributed by atoms with Gasteiger partial charge in [0.05, 0.1) is 10.0 Å². The number of nitrogens with zero attached hydrogens (tertiary/aromatic N) is 1. The molecule has 94 valence electrons. The summed E-state index contributed by atoms with van der Waals surface area (Å²) in [6.07, 6.45) is 1.05. The first-order valence-electron chi connectivity index (χ1n) is 5.98. The molecule has 0 aliphatic carbocycles. The Kier molecular flexibility index (Phi) is 4.31. The third-order valence-electron chi connectivity index (χ3n) is 3.48. The maximum atomic E-state index is 6.19. The Hall–Kier alpha value is -0.280. The topological polar surface area (TPSA) is 29.3 Å². The van der Waals surface area contributed by atoms with E-state index in [4.69, 9.17) is 28.9 Å². The van der Waals surface area contributed by atoms with Crippen molar-refractivity contribution in [1.82, 2.24) is 4.90 Å². The quantitative estimate of drug-likeness (QED) is 0.896. The molecule has 1 aromatic rings. The van der Waals surface area contributed by atoms with Gasteiger partial charge in [-0.05, 0) is 30.5 Å². The molecule has 4 heteroatoms. The third kappa shape index (κ3) is 3.14. The van der Waals surface area contributed by atoms with Gasteiger partial charge in [0.2, 0.25) is 0 Å². The van der Waals surface area contributed by atoms with E-state index in [1.54, 1.807) is 0 Å². The Labute approximate surface area is 113 Å². The molecule has 0 bridgehead atoms. The Morgan fingerprint density at radius 1 is 1.41 bits per heavy atom. The molecule has 1 saturated heterocycles. The Morgan fingerprint density at radius 3 is 2.88 bits per heavy atom. The molecule has 2 atom stereocenters. The lowest BCUT2D eigenvalue weighted by molar-refractivity contribution is 0.158. The van der Waals surface area contributed by atoms with Crippen molar-refractivity contribution >= 4 is 23.2 Å². The Bertz CT molecular complexity index is 395. The second-order valence-electron chi connectivity index (χ2n) is 4.88. The molecule has 0 amide bonds. The molecule has 1 aromatic carbocycles. The van der Waals surface area contributed by atoms with Crippen molar-refractivity contribution in [2.24, 2.45) is 11.7 Å². The molecule has 1 heterocycles. The van der Waals surface area contributed by atoms with Crippen LogP contribution < -0.4 is 5.73 Å². The van der Waals surface area contributed by atoms with Crippen molar-refractivity contribution in [3.8, 4) is 0 Å². The lowest BCUT2D eigenvalue weighted by Crippen LogP contribution is -2.45. The van der Waals surface area contributed by atoms with Gasteiger partial charge in [0.1, 0.15) is 0 Å². The monoisotopic (exact) mass is 272 g/mol. The zero-order valence-corrected chi connectivity index (χ0v) is 11.5. The molecule has 1 fully saturated rings. The highest BCUT2D eigenvalue weighted by Gasteiger charge is 2.23. The van der Waals surface area contributed by atoms with E-state index in [-0.39, 0.29) is 0 Å². The SMILES string of the molecule is CC1CN(Cc2cccc(Cl)c2Cl)CCC1N. The average Bonchev–Trinajstić information content (AvgIpc) is 2.30. The largest absolute Gasteiger partial charge is 0.327 e. The van der Waals surface area contributed by atoms with E-state index in [1.807, 2.05) is 18.2 Å². The van der Waals surface area contributed by atoms with Gasteiger partial charge in [0, 0.05) is 19.1 Å². The van der Waals surface area contributed by atoms with Gasteiger partial charge in [-0.2, -0.15) is 0 Å². The van der Waals surface area contributed by atoms with E-state index >= 15 is 0 Å². The first-order valence-corrected chi connectivity index (χ1v) is 6.74. The van der Waals surface area contributed by atoms with E-state index in [1.165, 1.54) is 0 Å². The molecule has 0 saturated carbocycles. The summed E-state index contributed by atoms with van der Waals surface area (Å²) in [7, 11) is 0. The van der Waals surface area contributed by atoms with E-state index < -0.39 is 0 Å². The van der Waals surface area contributed by atoms with Gasteiger partial charge < -0.3 is 5.73 Å². The normalized spacial score (nSPS) is 26.1. The van der Waals surface area contributed by atoms with Crippen LogP contribution in [0.4, 0.5) is 0 Å². The van der Waals surface area contributed by atoms with Crippen LogP contribution in [0.3, 0.4) is 0 Å². The summed E-state index contributed by atoms with van der Waals surface area (Å²) in [6.45, 7) is 5.13. The first kappa shape index (κ1) is 13.2. The molecule has 17 heavy (non-hydrogen) atoms. The number of hydrogen-bond donors (Lipinski definition) is 1. The molecule has 2 unspecified atom stereocenters. The molecule has 2 nitrogen and oxygen atoms in total. The molecule has 2 N–H and O–H groups in total. The third-order valence-corrected chi connectivity index (χ3v) is 4.34. The minimum Gasteiger partial charge on any atom is -0.327 e. The van der Waals surface area contributed by atoms with Gasteiger partial charge in [-0.1, -0.05) is 42.3 Å². The van der Waals surface area contributed by atoms with E-state index in [0.717, 1.165) is 31.6 Å². The van der Waals surface area contributed by atoms with Crippen LogP contribution in [0.25, 0.3) is 0 Å². The van der Waals surface area contributed by atoms with Crippen LogP contribution in [0.5, 0.6) is 0 Å². The molecular weight excluding hydrogens is 255 g/mol. The standard InChI is InChI=1S/C13H18Cl2N2/c1-9-7-17(6-5-12(9)16)8-10-3-2-4-11(14)13(10)15/h2-4,9,12H,5-8,16H2,1H3. The summed E-state index contributed by atoms with van der Waals surface area (Å²) in [5.41, 5.74) is 7.11. The summed E-state index contributed by atoms with van der Waals surface area (Å²) in [5, 5.41) is 1.31. The average molecular weight is 273 g/mol. The van der Waals surface area contributed by atoms with Gasteiger partial charge in [-0.15, -0.1) is 0 Å². The maximum absolute atomic E-state index is 6.19. The summed E-state index contributed by atoms with van der Waals surface area (Å²) >= 11 is 12.2. The number of likely N-dealkylation sites (tertiary alicyclic amines) is 1. The zero-order valence-electron chi connectivity index (χ0n) is 10.00. The Balaban J connectivity index is 2.04. The highest BCUT2D eigenvalue weighted by Crippen LogP contribution is 2.27. The van der Waals surface area contributed by atoms with Gasteiger partial charge in [-0.3, -0.25) is 4.90 Å². The van der Waals surface area contributed by atoms with Crippen LogP contribution in [0.2, 0.25) is 10.0 Å². The van der Waals surface area contributed by atoms with Crippen molar-refractivity contribution in [2.75, 3.05) is 13.1 Å². The number of piperidine rings is 1. The predicted molar refractivity (Wildman–Crippen MR) is 73.5 cm³/mol. The minimum atomic E-state index is 0.334. The van der Waals surface area contributed by atoms with Crippen molar-refractivity contribution in [2.45, 2.75) is 25.9 Å². The van der Waals surface area contributed by atoms with Crippen molar-refractivity contribution in [1.29, 1.82) is 0 Å². The summed E-state index contributed by atoms with van der Waals surface area (Å²) < 4.78 is 0. The smallest absolute Gasteiger partial charge is 0.0637 e. The second-order valence-corrected chi connectivity index (χ2v) is 5.66. The minimum absolute atomic E-state index is 0.334. The highest BCUT2D eigenvalue weighted by molar-refractivity contribution is 6.42. The Morgan fingerprint density at radius 2 is 2.18 bits per heavy atom. The fraction of sp³-hybridized carbons (Fsp3) is 0.538.